The van der Waals surface area contributed by atoms with E-state index in [0.29, 0.717) is 0 Å². The van der Waals surface area contributed by atoms with E-state index in [2.05, 4.69) is 80.0 Å². The Hall–Kier alpha value is -3.70. The summed E-state index contributed by atoms with van der Waals surface area (Å²) in [4.78, 5) is 8.15. The summed E-state index contributed by atoms with van der Waals surface area (Å²) in [5, 5.41) is 14.2. The fourth-order valence-electron chi connectivity index (χ4n) is 3.74. The number of fused-ring (bicyclic) bond motifs is 2. The quantitative estimate of drug-likeness (QED) is 0.308. The van der Waals surface area contributed by atoms with Crippen molar-refractivity contribution in [3.63, 3.8) is 0 Å². The molecule has 4 nitrogen and oxygen atoms in total. The third-order valence-electron chi connectivity index (χ3n) is 5.22. The fraction of sp³-hybridized carbons (Fsp3) is 0.0400. The second-order valence-corrected chi connectivity index (χ2v) is 7.77. The third kappa shape index (κ3) is 3.09. The maximum atomic E-state index is 4.62. The van der Waals surface area contributed by atoms with Gasteiger partial charge in [0.15, 0.2) is 0 Å². The molecule has 5 rings (SSSR count). The number of aromatic nitrogens is 4. The number of H-pyrrole nitrogens is 2. The van der Waals surface area contributed by atoms with Crippen LogP contribution in [-0.2, 0) is 0 Å². The molecule has 146 valence electrons. The van der Waals surface area contributed by atoms with Gasteiger partial charge in [-0.1, -0.05) is 36.9 Å². The first-order valence-electron chi connectivity index (χ1n) is 9.73. The van der Waals surface area contributed by atoms with Gasteiger partial charge in [-0.2, -0.15) is 16.4 Å². The molecule has 0 amide bonds. The molecule has 5 heteroatoms. The van der Waals surface area contributed by atoms with Gasteiger partial charge < -0.3 is 4.98 Å². The lowest BCUT2D eigenvalue weighted by atomic mass is 10.0. The van der Waals surface area contributed by atoms with Crippen molar-refractivity contribution in [2.24, 2.45) is 0 Å². The molecule has 5 aromatic rings. The van der Waals surface area contributed by atoms with Crippen LogP contribution in [0.2, 0.25) is 0 Å². The van der Waals surface area contributed by atoms with E-state index in [-0.39, 0.29) is 0 Å². The maximum absolute atomic E-state index is 4.62. The smallest absolute Gasteiger partial charge is 0.116 e. The molecule has 0 saturated heterocycles. The lowest BCUT2D eigenvalue weighted by Gasteiger charge is -2.03. The van der Waals surface area contributed by atoms with Crippen LogP contribution in [0.25, 0.3) is 50.0 Å². The highest BCUT2D eigenvalue weighted by Crippen LogP contribution is 2.34. The Balaban J connectivity index is 1.65. The number of thiophene rings is 1. The normalized spacial score (nSPS) is 12.4. The van der Waals surface area contributed by atoms with Gasteiger partial charge in [-0.3, -0.25) is 10.1 Å². The van der Waals surface area contributed by atoms with Crippen LogP contribution in [0.5, 0.6) is 0 Å². The minimum absolute atomic E-state index is 0.905. The van der Waals surface area contributed by atoms with Crippen molar-refractivity contribution in [1.82, 2.24) is 20.2 Å². The molecule has 0 saturated carbocycles. The molecule has 4 aromatic heterocycles. The number of nitrogens with one attached hydrogen (secondary N) is 2. The Kier molecular flexibility index (Phi) is 4.65. The molecular formula is C25H20N4S. The van der Waals surface area contributed by atoms with Gasteiger partial charge in [-0.05, 0) is 53.8 Å². The van der Waals surface area contributed by atoms with Gasteiger partial charge in [0, 0.05) is 33.4 Å². The average molecular weight is 409 g/mol. The van der Waals surface area contributed by atoms with E-state index in [0.717, 1.165) is 55.6 Å². The zero-order valence-corrected chi connectivity index (χ0v) is 17.3. The van der Waals surface area contributed by atoms with Crippen molar-refractivity contribution < 1.29 is 0 Å². The lowest BCUT2D eigenvalue weighted by molar-refractivity contribution is 1.12. The van der Waals surface area contributed by atoms with E-state index in [1.807, 2.05) is 25.3 Å². The van der Waals surface area contributed by atoms with Gasteiger partial charge in [-0.25, -0.2) is 0 Å². The molecule has 1 aromatic carbocycles. The molecule has 0 aliphatic carbocycles. The number of aromatic amines is 2. The van der Waals surface area contributed by atoms with E-state index >= 15 is 0 Å². The first kappa shape index (κ1) is 18.3. The van der Waals surface area contributed by atoms with E-state index in [4.69, 9.17) is 0 Å². The van der Waals surface area contributed by atoms with Crippen molar-refractivity contribution in [2.75, 3.05) is 0 Å². The highest BCUT2D eigenvalue weighted by Gasteiger charge is 2.15. The van der Waals surface area contributed by atoms with Crippen molar-refractivity contribution in [3.05, 3.63) is 89.8 Å². The number of pyridine rings is 1. The summed E-state index contributed by atoms with van der Waals surface area (Å²) in [6.07, 6.45) is 9.75. The summed E-state index contributed by atoms with van der Waals surface area (Å²) < 4.78 is 0. The van der Waals surface area contributed by atoms with Crippen LogP contribution >= 0.6 is 11.3 Å². The Morgan fingerprint density at radius 2 is 1.97 bits per heavy atom. The van der Waals surface area contributed by atoms with Crippen LogP contribution in [0, 0.1) is 0 Å². The van der Waals surface area contributed by atoms with Gasteiger partial charge in [0.1, 0.15) is 5.69 Å². The van der Waals surface area contributed by atoms with Crippen molar-refractivity contribution in [3.8, 4) is 22.6 Å². The second kappa shape index (κ2) is 7.61. The summed E-state index contributed by atoms with van der Waals surface area (Å²) in [7, 11) is 0. The van der Waals surface area contributed by atoms with Crippen LogP contribution in [-0.4, -0.2) is 20.2 Å². The van der Waals surface area contributed by atoms with E-state index in [1.165, 1.54) is 0 Å². The van der Waals surface area contributed by atoms with Crippen molar-refractivity contribution in [2.45, 2.75) is 6.92 Å². The van der Waals surface area contributed by atoms with Crippen molar-refractivity contribution >= 4 is 38.7 Å². The highest BCUT2D eigenvalue weighted by molar-refractivity contribution is 7.08. The number of benzene rings is 1. The Morgan fingerprint density at radius 1 is 1.07 bits per heavy atom. The standard InChI is InChI=1S/C25H20N4S/c1-3-5-6-16(4-2)17-7-8-22-19(13-17)25(29-28-22)23-14-20-21(27-23)9-11-26-24(20)18-10-12-30-15-18/h3-15,27H,1H2,2H3,(H,28,29)/b6-5-,16-4+. The number of nitrogens with zero attached hydrogens (tertiary/aromatic N) is 2. The van der Waals surface area contributed by atoms with Crippen LogP contribution in [0.3, 0.4) is 0 Å². The molecule has 0 atom stereocenters. The SMILES string of the molecule is C=C/C=C\C(=C/C)c1ccc2[nH]nc(-c3cc4c(-c5ccsc5)nccc4[nH]3)c2c1. The Bertz CT molecular complexity index is 1410. The zero-order chi connectivity index (χ0) is 20.5. The summed E-state index contributed by atoms with van der Waals surface area (Å²) in [6, 6.07) is 12.6. The van der Waals surface area contributed by atoms with Gasteiger partial charge in [-0.15, -0.1) is 0 Å². The minimum Gasteiger partial charge on any atom is -0.353 e. The summed E-state index contributed by atoms with van der Waals surface area (Å²) in [6.45, 7) is 5.81. The van der Waals surface area contributed by atoms with Crippen molar-refractivity contribution in [1.29, 1.82) is 0 Å². The topological polar surface area (TPSA) is 57.4 Å². The summed E-state index contributed by atoms with van der Waals surface area (Å²) in [5.41, 5.74) is 8.35. The maximum Gasteiger partial charge on any atom is 0.116 e. The van der Waals surface area contributed by atoms with Crippen LogP contribution in [0.4, 0.5) is 0 Å². The van der Waals surface area contributed by atoms with Crippen LogP contribution in [0.15, 0.2) is 84.2 Å². The molecule has 4 heterocycles. The van der Waals surface area contributed by atoms with Gasteiger partial charge >= 0.3 is 0 Å². The fourth-order valence-corrected chi connectivity index (χ4v) is 4.38. The van der Waals surface area contributed by atoms with E-state index < -0.39 is 0 Å². The average Bonchev–Trinajstić information content (AvgIpc) is 3.52. The van der Waals surface area contributed by atoms with E-state index in [1.54, 1.807) is 17.4 Å². The molecule has 0 aliphatic heterocycles. The highest BCUT2D eigenvalue weighted by atomic mass is 32.1. The monoisotopic (exact) mass is 408 g/mol. The third-order valence-corrected chi connectivity index (χ3v) is 5.90. The molecule has 0 radical (unpaired) electrons. The molecule has 0 unspecified atom stereocenters. The number of hydrogen-bond donors (Lipinski definition) is 2. The molecule has 30 heavy (non-hydrogen) atoms. The predicted octanol–water partition coefficient (Wildman–Crippen LogP) is 6.98. The Morgan fingerprint density at radius 3 is 2.77 bits per heavy atom. The van der Waals surface area contributed by atoms with Gasteiger partial charge in [0.2, 0.25) is 0 Å². The number of allylic oxidation sites excluding steroid dienone is 5. The number of rotatable bonds is 5. The summed E-state index contributed by atoms with van der Waals surface area (Å²) in [5.74, 6) is 0. The zero-order valence-electron chi connectivity index (χ0n) is 16.5. The van der Waals surface area contributed by atoms with E-state index in [9.17, 15) is 0 Å². The van der Waals surface area contributed by atoms with Crippen LogP contribution < -0.4 is 0 Å². The lowest BCUT2D eigenvalue weighted by Crippen LogP contribution is -1.82. The molecule has 0 bridgehead atoms. The first-order chi connectivity index (χ1) is 14.8. The second-order valence-electron chi connectivity index (χ2n) is 6.99. The predicted molar refractivity (Wildman–Crippen MR) is 127 cm³/mol. The Labute approximate surface area is 178 Å². The molecular weight excluding hydrogens is 388 g/mol. The minimum atomic E-state index is 0.905. The summed E-state index contributed by atoms with van der Waals surface area (Å²) >= 11 is 1.68. The molecule has 0 aliphatic rings. The number of hydrogen-bond acceptors (Lipinski definition) is 3. The molecule has 2 N–H and O–H groups in total. The largest absolute Gasteiger partial charge is 0.353 e. The van der Waals surface area contributed by atoms with Gasteiger partial charge in [0.25, 0.3) is 0 Å². The first-order valence-corrected chi connectivity index (χ1v) is 10.7. The van der Waals surface area contributed by atoms with Crippen LogP contribution in [0.1, 0.15) is 12.5 Å². The molecule has 0 fully saturated rings. The van der Waals surface area contributed by atoms with Gasteiger partial charge in [0.05, 0.1) is 16.9 Å². The molecule has 0 spiro atoms.